The number of hydrogen-bond donors (Lipinski definition) is 1. The lowest BCUT2D eigenvalue weighted by Gasteiger charge is -2.28. The molecular formula is C9H18N2O2S2. The maximum atomic E-state index is 11.8. The van der Waals surface area contributed by atoms with Gasteiger partial charge in [-0.15, -0.1) is 0 Å². The second kappa shape index (κ2) is 6.50. The minimum absolute atomic E-state index is 0.0146. The highest BCUT2D eigenvalue weighted by Gasteiger charge is 2.24. The zero-order valence-electron chi connectivity index (χ0n) is 8.98. The van der Waals surface area contributed by atoms with Crippen molar-refractivity contribution in [1.82, 2.24) is 4.90 Å². The van der Waals surface area contributed by atoms with E-state index in [1.54, 1.807) is 16.7 Å². The van der Waals surface area contributed by atoms with E-state index in [0.717, 1.165) is 12.2 Å². The van der Waals surface area contributed by atoms with Crippen molar-refractivity contribution < 1.29 is 9.00 Å². The van der Waals surface area contributed by atoms with Gasteiger partial charge in [0.1, 0.15) is 0 Å². The quantitative estimate of drug-likeness (QED) is 0.741. The fraction of sp³-hybridized carbons (Fsp3) is 0.889. The summed E-state index contributed by atoms with van der Waals surface area (Å²) in [5.41, 5.74) is 5.79. The monoisotopic (exact) mass is 250 g/mol. The first-order valence-corrected chi connectivity index (χ1v) is 7.91. The number of rotatable bonds is 4. The fourth-order valence-electron chi connectivity index (χ4n) is 1.46. The minimum atomic E-state index is -0.735. The van der Waals surface area contributed by atoms with Gasteiger partial charge in [0.05, 0.1) is 6.04 Å². The molecule has 2 N–H and O–H groups in total. The molecule has 0 aromatic rings. The minimum Gasteiger partial charge on any atom is -0.340 e. The molecule has 88 valence electrons. The van der Waals surface area contributed by atoms with Crippen molar-refractivity contribution in [2.45, 2.75) is 12.5 Å². The summed E-state index contributed by atoms with van der Waals surface area (Å²) in [6.45, 7) is 1.19. The lowest BCUT2D eigenvalue weighted by molar-refractivity contribution is -0.132. The Labute approximate surface area is 97.4 Å². The van der Waals surface area contributed by atoms with Gasteiger partial charge >= 0.3 is 0 Å². The molecule has 0 bridgehead atoms. The van der Waals surface area contributed by atoms with Gasteiger partial charge in [-0.05, 0) is 18.4 Å². The number of carbonyl (C=O) groups excluding carboxylic acids is 1. The van der Waals surface area contributed by atoms with E-state index >= 15 is 0 Å². The van der Waals surface area contributed by atoms with Gasteiger partial charge in [-0.3, -0.25) is 9.00 Å². The van der Waals surface area contributed by atoms with Crippen LogP contribution in [0.3, 0.4) is 0 Å². The molecule has 0 radical (unpaired) electrons. The van der Waals surface area contributed by atoms with Crippen molar-refractivity contribution in [3.05, 3.63) is 0 Å². The SMILES string of the molecule is CSCC[C@H](N)C(=O)N1CCS(=O)CC1. The molecule has 0 aromatic heterocycles. The van der Waals surface area contributed by atoms with Crippen LogP contribution in [-0.2, 0) is 15.6 Å². The van der Waals surface area contributed by atoms with Crippen molar-refractivity contribution in [3.8, 4) is 0 Å². The van der Waals surface area contributed by atoms with Crippen LogP contribution in [0, 0.1) is 0 Å². The van der Waals surface area contributed by atoms with E-state index in [9.17, 15) is 9.00 Å². The molecule has 0 spiro atoms. The van der Waals surface area contributed by atoms with Crippen molar-refractivity contribution in [1.29, 1.82) is 0 Å². The maximum Gasteiger partial charge on any atom is 0.239 e. The Bertz CT molecular complexity index is 238. The summed E-state index contributed by atoms with van der Waals surface area (Å²) < 4.78 is 11.1. The second-order valence-electron chi connectivity index (χ2n) is 3.56. The average molecular weight is 250 g/mol. The molecule has 0 aliphatic carbocycles. The summed E-state index contributed by atoms with van der Waals surface area (Å²) in [6.07, 6.45) is 2.72. The Hall–Kier alpha value is -0.0700. The molecule has 1 aliphatic rings. The first kappa shape index (κ1) is 13.0. The Kier molecular flexibility index (Phi) is 5.63. The van der Waals surface area contributed by atoms with E-state index < -0.39 is 10.8 Å². The molecule has 4 nitrogen and oxygen atoms in total. The smallest absolute Gasteiger partial charge is 0.239 e. The summed E-state index contributed by atoms with van der Waals surface area (Å²) >= 11 is 1.70. The van der Waals surface area contributed by atoms with Crippen molar-refractivity contribution in [2.75, 3.05) is 36.6 Å². The molecule has 1 fully saturated rings. The largest absolute Gasteiger partial charge is 0.340 e. The molecule has 1 heterocycles. The van der Waals surface area contributed by atoms with E-state index in [4.69, 9.17) is 5.73 Å². The van der Waals surface area contributed by atoms with Gasteiger partial charge in [-0.2, -0.15) is 11.8 Å². The highest BCUT2D eigenvalue weighted by molar-refractivity contribution is 7.98. The van der Waals surface area contributed by atoms with Gasteiger partial charge in [0.25, 0.3) is 0 Å². The van der Waals surface area contributed by atoms with E-state index in [1.165, 1.54) is 0 Å². The molecule has 1 rings (SSSR count). The van der Waals surface area contributed by atoms with Gasteiger partial charge < -0.3 is 10.6 Å². The van der Waals surface area contributed by atoms with E-state index in [-0.39, 0.29) is 11.9 Å². The molecule has 0 aromatic carbocycles. The standard InChI is InChI=1S/C9H18N2O2S2/c1-14-5-2-8(10)9(12)11-3-6-15(13)7-4-11/h8H,2-7,10H2,1H3/t8-/m0/s1. The van der Waals surface area contributed by atoms with Crippen LogP contribution in [0.25, 0.3) is 0 Å². The Balaban J connectivity index is 2.35. The highest BCUT2D eigenvalue weighted by atomic mass is 32.2. The molecule has 1 aliphatic heterocycles. The van der Waals surface area contributed by atoms with Crippen LogP contribution in [0.2, 0.25) is 0 Å². The molecule has 1 atom stereocenters. The van der Waals surface area contributed by atoms with E-state index in [0.29, 0.717) is 24.6 Å². The number of carbonyl (C=O) groups is 1. The number of nitrogens with two attached hydrogens (primary N) is 1. The molecule has 1 amide bonds. The zero-order valence-corrected chi connectivity index (χ0v) is 10.6. The summed E-state index contributed by atoms with van der Waals surface area (Å²) in [7, 11) is -0.735. The first-order valence-electron chi connectivity index (χ1n) is 5.03. The van der Waals surface area contributed by atoms with Gasteiger partial charge in [0.2, 0.25) is 5.91 Å². The maximum absolute atomic E-state index is 11.8. The van der Waals surface area contributed by atoms with E-state index in [2.05, 4.69) is 0 Å². The topological polar surface area (TPSA) is 63.4 Å². The first-order chi connectivity index (χ1) is 7.15. The third-order valence-corrected chi connectivity index (χ3v) is 4.36. The zero-order chi connectivity index (χ0) is 11.3. The number of hydrogen-bond acceptors (Lipinski definition) is 4. The third kappa shape index (κ3) is 4.12. The lowest BCUT2D eigenvalue weighted by atomic mass is 10.2. The summed E-state index contributed by atoms with van der Waals surface area (Å²) in [5.74, 6) is 2.12. The molecule has 15 heavy (non-hydrogen) atoms. The third-order valence-electron chi connectivity index (χ3n) is 2.44. The number of nitrogens with zero attached hydrogens (tertiary/aromatic N) is 1. The van der Waals surface area contributed by atoms with Crippen molar-refractivity contribution >= 4 is 28.5 Å². The summed E-state index contributed by atoms with van der Waals surface area (Å²) in [6, 6.07) is -0.385. The normalized spacial score (nSPS) is 20.3. The lowest BCUT2D eigenvalue weighted by Crippen LogP contribution is -2.49. The average Bonchev–Trinajstić information content (AvgIpc) is 2.26. The molecule has 0 unspecified atom stereocenters. The van der Waals surface area contributed by atoms with Gasteiger partial charge in [-0.25, -0.2) is 0 Å². The van der Waals surface area contributed by atoms with Crippen LogP contribution in [0.5, 0.6) is 0 Å². The van der Waals surface area contributed by atoms with Gasteiger partial charge in [-0.1, -0.05) is 0 Å². The Morgan fingerprint density at radius 2 is 2.13 bits per heavy atom. The van der Waals surface area contributed by atoms with Gasteiger partial charge in [0, 0.05) is 35.4 Å². The molecule has 1 saturated heterocycles. The van der Waals surface area contributed by atoms with Gasteiger partial charge in [0.15, 0.2) is 0 Å². The van der Waals surface area contributed by atoms with Crippen molar-refractivity contribution in [2.24, 2.45) is 5.73 Å². The van der Waals surface area contributed by atoms with Crippen LogP contribution in [0.15, 0.2) is 0 Å². The van der Waals surface area contributed by atoms with Crippen LogP contribution >= 0.6 is 11.8 Å². The summed E-state index contributed by atoms with van der Waals surface area (Å²) in [5, 5.41) is 0. The second-order valence-corrected chi connectivity index (χ2v) is 6.24. The van der Waals surface area contributed by atoms with E-state index in [1.807, 2.05) is 6.26 Å². The van der Waals surface area contributed by atoms with Crippen LogP contribution in [0.1, 0.15) is 6.42 Å². The Morgan fingerprint density at radius 1 is 1.53 bits per heavy atom. The Morgan fingerprint density at radius 3 is 2.67 bits per heavy atom. The fourth-order valence-corrected chi connectivity index (χ4v) is 3.00. The predicted molar refractivity (Wildman–Crippen MR) is 65.4 cm³/mol. The number of thioether (sulfide) groups is 1. The number of amides is 1. The molecule has 6 heteroatoms. The predicted octanol–water partition coefficient (Wildman–Crippen LogP) is -0.342. The highest BCUT2D eigenvalue weighted by Crippen LogP contribution is 2.06. The molecule has 0 saturated carbocycles. The van der Waals surface area contributed by atoms with Crippen LogP contribution in [0.4, 0.5) is 0 Å². The van der Waals surface area contributed by atoms with Crippen LogP contribution < -0.4 is 5.73 Å². The summed E-state index contributed by atoms with van der Waals surface area (Å²) in [4.78, 5) is 13.5. The van der Waals surface area contributed by atoms with Crippen LogP contribution in [-0.4, -0.2) is 57.7 Å². The van der Waals surface area contributed by atoms with Crippen molar-refractivity contribution in [3.63, 3.8) is 0 Å². The molecular weight excluding hydrogens is 232 g/mol.